The van der Waals surface area contributed by atoms with Gasteiger partial charge in [0.2, 0.25) is 0 Å². The number of amides is 2. The van der Waals surface area contributed by atoms with Crippen molar-refractivity contribution >= 4 is 11.7 Å². The van der Waals surface area contributed by atoms with Crippen molar-refractivity contribution in [1.82, 2.24) is 0 Å². The van der Waals surface area contributed by atoms with E-state index < -0.39 is 11.7 Å². The number of halogens is 3. The molecule has 3 aromatic carbocycles. The molecule has 4 nitrogen and oxygen atoms in total. The molecule has 1 saturated heterocycles. The zero-order valence-corrected chi connectivity index (χ0v) is 21.1. The molecule has 196 valence electrons. The number of piperidine rings is 1. The molecular weight excluding hydrogens is 477 g/mol. The maximum absolute atomic E-state index is 13.5. The van der Waals surface area contributed by atoms with E-state index in [9.17, 15) is 23.1 Å². The third-order valence-electron chi connectivity index (χ3n) is 7.42. The highest BCUT2D eigenvalue weighted by Gasteiger charge is 2.40. The van der Waals surface area contributed by atoms with Crippen LogP contribution in [-0.4, -0.2) is 35.3 Å². The van der Waals surface area contributed by atoms with Crippen LogP contribution in [0.2, 0.25) is 0 Å². The van der Waals surface area contributed by atoms with Crippen LogP contribution >= 0.6 is 0 Å². The molecule has 2 amide bonds. The highest BCUT2D eigenvalue weighted by Crippen LogP contribution is 2.32. The zero-order chi connectivity index (χ0) is 26.5. The van der Waals surface area contributed by atoms with Gasteiger partial charge < -0.3 is 5.11 Å². The van der Waals surface area contributed by atoms with Gasteiger partial charge in [-0.1, -0.05) is 55.8 Å². The lowest BCUT2D eigenvalue weighted by atomic mass is 9.88. The predicted molar refractivity (Wildman–Crippen MR) is 140 cm³/mol. The number of phenolic OH excluding ortho intramolecular Hbond substituents is 1. The third-order valence-corrected chi connectivity index (χ3v) is 7.42. The van der Waals surface area contributed by atoms with Crippen molar-refractivity contribution < 1.29 is 27.6 Å². The van der Waals surface area contributed by atoms with Crippen molar-refractivity contribution in [2.24, 2.45) is 5.92 Å². The van der Waals surface area contributed by atoms with Crippen LogP contribution in [0.4, 0.5) is 23.7 Å². The highest BCUT2D eigenvalue weighted by atomic mass is 19.4. The van der Waals surface area contributed by atoms with E-state index in [2.05, 4.69) is 12.2 Å². The summed E-state index contributed by atoms with van der Waals surface area (Å²) in [4.78, 5) is 13.5. The van der Waals surface area contributed by atoms with Crippen LogP contribution in [0, 0.1) is 5.92 Å². The SMILES string of the molecule is CCCC[N+]1(C(=O)Nc2ccc(-c3ccc(O)cc3)cc2)CCC(Cc2cccc(C(F)(F)F)c2)CC1. The second-order valence-electron chi connectivity index (χ2n) is 10.1. The zero-order valence-electron chi connectivity index (χ0n) is 21.1. The number of aromatic hydroxyl groups is 1. The van der Waals surface area contributed by atoms with E-state index in [0.29, 0.717) is 29.6 Å². The van der Waals surface area contributed by atoms with Gasteiger partial charge in [0.15, 0.2) is 0 Å². The molecule has 7 heteroatoms. The van der Waals surface area contributed by atoms with Gasteiger partial charge in [-0.2, -0.15) is 13.2 Å². The lowest BCUT2D eigenvalue weighted by molar-refractivity contribution is -0.855. The van der Waals surface area contributed by atoms with Crippen LogP contribution < -0.4 is 5.32 Å². The predicted octanol–water partition coefficient (Wildman–Crippen LogP) is 7.88. The lowest BCUT2D eigenvalue weighted by Gasteiger charge is -2.41. The van der Waals surface area contributed by atoms with Gasteiger partial charge in [-0.25, -0.2) is 9.28 Å². The van der Waals surface area contributed by atoms with Gasteiger partial charge in [0.1, 0.15) is 5.75 Å². The molecule has 0 unspecified atom stereocenters. The molecule has 0 atom stereocenters. The second-order valence-corrected chi connectivity index (χ2v) is 10.1. The van der Waals surface area contributed by atoms with Crippen molar-refractivity contribution in [3.05, 3.63) is 83.9 Å². The summed E-state index contributed by atoms with van der Waals surface area (Å²) in [5.74, 6) is 0.473. The Hall–Kier alpha value is -3.32. The molecule has 1 fully saturated rings. The first-order valence-corrected chi connectivity index (χ1v) is 12.9. The normalized spacial score (nSPS) is 19.9. The van der Waals surface area contributed by atoms with Gasteiger partial charge in [0, 0.05) is 18.5 Å². The van der Waals surface area contributed by atoms with Gasteiger partial charge in [-0.15, -0.1) is 0 Å². The fourth-order valence-electron chi connectivity index (χ4n) is 5.16. The molecule has 37 heavy (non-hydrogen) atoms. The van der Waals surface area contributed by atoms with E-state index >= 15 is 0 Å². The van der Waals surface area contributed by atoms with Crippen molar-refractivity contribution in [3.8, 4) is 16.9 Å². The maximum Gasteiger partial charge on any atom is 0.421 e. The summed E-state index contributed by atoms with van der Waals surface area (Å²) in [7, 11) is 0. The number of nitrogens with one attached hydrogen (secondary N) is 1. The summed E-state index contributed by atoms with van der Waals surface area (Å²) in [6, 6.07) is 20.2. The number of urea groups is 1. The summed E-state index contributed by atoms with van der Waals surface area (Å²) in [6.07, 6.45) is -0.221. The maximum atomic E-state index is 13.5. The fourth-order valence-corrected chi connectivity index (χ4v) is 5.16. The number of quaternary nitrogens is 1. The third kappa shape index (κ3) is 6.72. The average molecular weight is 512 g/mol. The van der Waals surface area contributed by atoms with Crippen LogP contribution in [0.5, 0.6) is 5.75 Å². The van der Waals surface area contributed by atoms with Gasteiger partial charge >= 0.3 is 12.2 Å². The Balaban J connectivity index is 1.40. The van der Waals surface area contributed by atoms with Crippen LogP contribution in [-0.2, 0) is 12.6 Å². The van der Waals surface area contributed by atoms with E-state index in [1.807, 2.05) is 36.4 Å². The number of carbonyl (C=O) groups is 1. The Morgan fingerprint density at radius 3 is 2.19 bits per heavy atom. The molecule has 0 aromatic heterocycles. The standard InChI is InChI=1S/C30H33F3N2O2/c1-2-3-17-35(18-15-22(16-19-35)20-23-5-4-6-26(21-23)30(31,32)33)29(37)34-27-11-7-24(8-12-27)25-9-13-28(36)14-10-25/h4-14,21-22H,2-3,15-20H2,1H3,(H-,34,36,37)/p+1. The van der Waals surface area contributed by atoms with E-state index in [4.69, 9.17) is 0 Å². The number of nitrogens with zero attached hydrogens (tertiary/aromatic N) is 1. The number of hydrogen-bond acceptors (Lipinski definition) is 2. The lowest BCUT2D eigenvalue weighted by Crippen LogP contribution is -2.59. The molecule has 4 rings (SSSR count). The topological polar surface area (TPSA) is 49.3 Å². The molecule has 0 spiro atoms. The first kappa shape index (κ1) is 26.7. The largest absolute Gasteiger partial charge is 0.508 e. The first-order valence-electron chi connectivity index (χ1n) is 12.9. The van der Waals surface area contributed by atoms with Crippen LogP contribution in [0.25, 0.3) is 11.1 Å². The molecule has 1 heterocycles. The van der Waals surface area contributed by atoms with Gasteiger partial charge in [0.25, 0.3) is 0 Å². The number of likely N-dealkylation sites (tertiary alicyclic amines) is 1. The van der Waals surface area contributed by atoms with E-state index in [1.54, 1.807) is 18.2 Å². The molecule has 1 aliphatic rings. The quantitative estimate of drug-likeness (QED) is 0.317. The fraction of sp³-hybridized carbons (Fsp3) is 0.367. The summed E-state index contributed by atoms with van der Waals surface area (Å²) >= 11 is 0. The van der Waals surface area contributed by atoms with Crippen molar-refractivity contribution in [2.45, 2.75) is 45.2 Å². The van der Waals surface area contributed by atoms with Crippen molar-refractivity contribution in [3.63, 3.8) is 0 Å². The average Bonchev–Trinajstić information content (AvgIpc) is 2.89. The summed E-state index contributed by atoms with van der Waals surface area (Å²) in [5.41, 5.74) is 2.79. The number of hydrogen-bond donors (Lipinski definition) is 2. The number of phenols is 1. The van der Waals surface area contributed by atoms with Crippen molar-refractivity contribution in [1.29, 1.82) is 0 Å². The monoisotopic (exact) mass is 511 g/mol. The van der Waals surface area contributed by atoms with E-state index in [1.165, 1.54) is 12.1 Å². The minimum Gasteiger partial charge on any atom is -0.508 e. The minimum atomic E-state index is -4.34. The van der Waals surface area contributed by atoms with Gasteiger partial charge in [-0.05, 0) is 65.8 Å². The molecule has 1 aliphatic heterocycles. The first-order chi connectivity index (χ1) is 17.7. The molecule has 0 bridgehead atoms. The minimum absolute atomic E-state index is 0.0247. The number of carbonyl (C=O) groups excluding carboxylic acids is 1. The van der Waals surface area contributed by atoms with E-state index in [0.717, 1.165) is 55.1 Å². The molecule has 0 saturated carbocycles. The second kappa shape index (κ2) is 11.4. The summed E-state index contributed by atoms with van der Waals surface area (Å²) in [5, 5.41) is 12.6. The molecule has 0 radical (unpaired) electrons. The Morgan fingerprint density at radius 2 is 1.59 bits per heavy atom. The smallest absolute Gasteiger partial charge is 0.421 e. The summed E-state index contributed by atoms with van der Waals surface area (Å²) in [6.45, 7) is 4.23. The highest BCUT2D eigenvalue weighted by molar-refractivity contribution is 5.85. The van der Waals surface area contributed by atoms with E-state index in [-0.39, 0.29) is 17.7 Å². The number of benzene rings is 3. The molecule has 0 aliphatic carbocycles. The molecule has 3 aromatic rings. The van der Waals surface area contributed by atoms with Gasteiger partial charge in [0.05, 0.1) is 25.2 Å². The number of anilines is 1. The van der Waals surface area contributed by atoms with Crippen LogP contribution in [0.1, 0.15) is 43.7 Å². The summed E-state index contributed by atoms with van der Waals surface area (Å²) < 4.78 is 39.7. The number of alkyl halides is 3. The van der Waals surface area contributed by atoms with Crippen LogP contribution in [0.15, 0.2) is 72.8 Å². The Bertz CT molecular complexity index is 1180. The molecular formula is C30H34F3N2O2+. The molecule has 2 N–H and O–H groups in total. The van der Waals surface area contributed by atoms with Crippen molar-refractivity contribution in [2.75, 3.05) is 25.0 Å². The number of unbranched alkanes of at least 4 members (excludes halogenated alkanes) is 1. The van der Waals surface area contributed by atoms with Gasteiger partial charge in [-0.3, -0.25) is 5.32 Å². The Morgan fingerprint density at radius 1 is 0.973 bits per heavy atom. The Kier molecular flexibility index (Phi) is 8.22. The number of rotatable bonds is 7. The van der Waals surface area contributed by atoms with Crippen LogP contribution in [0.3, 0.4) is 0 Å². The Labute approximate surface area is 216 Å².